The first-order chi connectivity index (χ1) is 15.8. The van der Waals surface area contributed by atoms with Crippen LogP contribution in [0.2, 0.25) is 0 Å². The minimum atomic E-state index is -1.91. The number of benzene rings is 1. The predicted molar refractivity (Wildman–Crippen MR) is 119 cm³/mol. The van der Waals surface area contributed by atoms with Crippen LogP contribution in [0.3, 0.4) is 0 Å². The lowest BCUT2D eigenvalue weighted by Gasteiger charge is -2.31. The minimum Gasteiger partial charge on any atom is -0.491 e. The number of rotatable bonds is 5. The topological polar surface area (TPSA) is 103 Å². The van der Waals surface area contributed by atoms with E-state index in [1.165, 1.54) is 6.07 Å². The lowest BCUT2D eigenvalue weighted by Crippen LogP contribution is -2.44. The second-order valence-electron chi connectivity index (χ2n) is 8.44. The van der Waals surface area contributed by atoms with Gasteiger partial charge in [-0.1, -0.05) is 6.92 Å². The fraction of sp³-hybridized carbons (Fsp3) is 0.375. The molecule has 3 aromatic rings. The van der Waals surface area contributed by atoms with Gasteiger partial charge in [0.1, 0.15) is 24.8 Å². The Morgan fingerprint density at radius 1 is 1.30 bits per heavy atom. The monoisotopic (exact) mass is 453 g/mol. The highest BCUT2D eigenvalue weighted by molar-refractivity contribution is 5.92. The second kappa shape index (κ2) is 7.64. The van der Waals surface area contributed by atoms with E-state index in [1.54, 1.807) is 30.5 Å². The van der Waals surface area contributed by atoms with Gasteiger partial charge in [-0.3, -0.25) is 4.79 Å². The third kappa shape index (κ3) is 3.07. The van der Waals surface area contributed by atoms with Gasteiger partial charge in [0.05, 0.1) is 29.0 Å². The van der Waals surface area contributed by atoms with Crippen LogP contribution in [0.4, 0.5) is 4.39 Å². The molecule has 4 heterocycles. The molecule has 2 aromatic heterocycles. The Balaban J connectivity index is 1.78. The molecule has 5 rings (SSSR count). The van der Waals surface area contributed by atoms with E-state index in [0.717, 1.165) is 0 Å². The smallest absolute Gasteiger partial charge is 0.343 e. The van der Waals surface area contributed by atoms with Crippen LogP contribution in [-0.2, 0) is 28.3 Å². The molecule has 9 heteroatoms. The molecular formula is C24H24FN3O5. The van der Waals surface area contributed by atoms with Gasteiger partial charge in [0.2, 0.25) is 0 Å². The van der Waals surface area contributed by atoms with Gasteiger partial charge in [0, 0.05) is 29.1 Å². The molecule has 0 saturated carbocycles. The standard InChI is InChI=1S/C24H24FN3O5/c1-4-24(31)16-8-19-20-14(10-28(19)22(29)15(16)11-33-23(24)30)21(32-6-5-26-3)13-7-12(2)17(25)9-18(13)27-20/h7-9,26,31H,4-6,10-11H2,1-3H3/t24-/m0/s1. The van der Waals surface area contributed by atoms with Crippen LogP contribution >= 0.6 is 0 Å². The van der Waals surface area contributed by atoms with E-state index < -0.39 is 11.6 Å². The van der Waals surface area contributed by atoms with Crippen LogP contribution in [0.15, 0.2) is 23.0 Å². The first-order valence-corrected chi connectivity index (χ1v) is 10.9. The number of fused-ring (bicyclic) bond motifs is 5. The van der Waals surface area contributed by atoms with Crippen LogP contribution in [0.25, 0.3) is 22.3 Å². The predicted octanol–water partition coefficient (Wildman–Crippen LogP) is 2.13. The number of likely N-dealkylation sites (N-methyl/N-ethyl adjacent to an activating group) is 1. The molecule has 0 aliphatic carbocycles. The lowest BCUT2D eigenvalue weighted by atomic mass is 9.86. The molecule has 2 aliphatic heterocycles. The fourth-order valence-corrected chi connectivity index (χ4v) is 4.59. The number of carbonyl (C=O) groups is 1. The van der Waals surface area contributed by atoms with E-state index >= 15 is 0 Å². The van der Waals surface area contributed by atoms with E-state index in [4.69, 9.17) is 9.47 Å². The zero-order valence-electron chi connectivity index (χ0n) is 18.6. The summed E-state index contributed by atoms with van der Waals surface area (Å²) in [6.07, 6.45) is 0.0581. The maximum Gasteiger partial charge on any atom is 0.343 e. The Hall–Kier alpha value is -3.30. The van der Waals surface area contributed by atoms with E-state index in [1.807, 2.05) is 7.05 Å². The van der Waals surface area contributed by atoms with Crippen molar-refractivity contribution in [2.75, 3.05) is 20.2 Å². The number of aromatic nitrogens is 2. The summed E-state index contributed by atoms with van der Waals surface area (Å²) in [6, 6.07) is 4.69. The normalized spacial score (nSPS) is 18.6. The molecule has 2 N–H and O–H groups in total. The van der Waals surface area contributed by atoms with Gasteiger partial charge in [-0.2, -0.15) is 0 Å². The first-order valence-electron chi connectivity index (χ1n) is 10.9. The van der Waals surface area contributed by atoms with Gasteiger partial charge in [0.25, 0.3) is 5.56 Å². The summed E-state index contributed by atoms with van der Waals surface area (Å²) in [6.45, 7) is 4.32. The molecule has 0 bridgehead atoms. The molecule has 2 aliphatic rings. The molecule has 0 radical (unpaired) electrons. The highest BCUT2D eigenvalue weighted by Crippen LogP contribution is 2.43. The maximum absolute atomic E-state index is 14.4. The first kappa shape index (κ1) is 21.5. The number of esters is 1. The number of carbonyl (C=O) groups excluding carboxylic acids is 1. The maximum atomic E-state index is 14.4. The Morgan fingerprint density at radius 2 is 2.09 bits per heavy atom. The van der Waals surface area contributed by atoms with Crippen LogP contribution in [-0.4, -0.2) is 40.8 Å². The van der Waals surface area contributed by atoms with E-state index in [-0.39, 0.29) is 42.1 Å². The van der Waals surface area contributed by atoms with Crippen molar-refractivity contribution in [2.45, 2.75) is 39.0 Å². The third-order valence-electron chi connectivity index (χ3n) is 6.51. The van der Waals surface area contributed by atoms with Gasteiger partial charge in [-0.15, -0.1) is 0 Å². The van der Waals surface area contributed by atoms with Crippen molar-refractivity contribution in [3.63, 3.8) is 0 Å². The minimum absolute atomic E-state index is 0.0581. The summed E-state index contributed by atoms with van der Waals surface area (Å²) in [5.41, 5.74) is 0.731. The van der Waals surface area contributed by atoms with E-state index in [0.29, 0.717) is 52.3 Å². The number of cyclic esters (lactones) is 1. The van der Waals surface area contributed by atoms with Crippen molar-refractivity contribution >= 4 is 16.9 Å². The number of nitrogens with zero attached hydrogens (tertiary/aromatic N) is 2. The number of ether oxygens (including phenoxy) is 2. The Labute approximate surface area is 189 Å². The quantitative estimate of drug-likeness (QED) is 0.353. The zero-order chi connectivity index (χ0) is 23.5. The van der Waals surface area contributed by atoms with Gasteiger partial charge in [-0.25, -0.2) is 14.2 Å². The van der Waals surface area contributed by atoms with Gasteiger partial charge < -0.3 is 24.5 Å². The molecule has 33 heavy (non-hydrogen) atoms. The largest absolute Gasteiger partial charge is 0.491 e. The summed E-state index contributed by atoms with van der Waals surface area (Å²) >= 11 is 0. The molecule has 0 amide bonds. The SMILES string of the molecule is CC[C@@]1(O)C(=O)OCc2c1cc1n(c2=O)Cc2c-1nc1cc(F)c(C)cc1c2OCCNC. The average molecular weight is 453 g/mol. The Morgan fingerprint density at radius 3 is 2.82 bits per heavy atom. The third-order valence-corrected chi connectivity index (χ3v) is 6.51. The van der Waals surface area contributed by atoms with Crippen LogP contribution in [0, 0.1) is 12.7 Å². The molecule has 1 aromatic carbocycles. The summed E-state index contributed by atoms with van der Waals surface area (Å²) in [5, 5.41) is 14.7. The van der Waals surface area contributed by atoms with Crippen LogP contribution in [0.5, 0.6) is 5.75 Å². The van der Waals surface area contributed by atoms with Crippen molar-refractivity contribution in [1.82, 2.24) is 14.9 Å². The van der Waals surface area contributed by atoms with Gasteiger partial charge in [-0.05, 0) is 38.1 Å². The van der Waals surface area contributed by atoms with E-state index in [9.17, 15) is 19.1 Å². The molecule has 0 saturated heterocycles. The number of hydrogen-bond acceptors (Lipinski definition) is 7. The summed E-state index contributed by atoms with van der Waals surface area (Å²) in [4.78, 5) is 30.4. The Kier molecular flexibility index (Phi) is 4.98. The lowest BCUT2D eigenvalue weighted by molar-refractivity contribution is -0.172. The van der Waals surface area contributed by atoms with E-state index in [2.05, 4.69) is 10.3 Å². The number of aryl methyl sites for hydroxylation is 1. The Bertz CT molecular complexity index is 1380. The molecule has 0 spiro atoms. The molecule has 0 unspecified atom stereocenters. The summed E-state index contributed by atoms with van der Waals surface area (Å²) < 4.78 is 27.1. The van der Waals surface area contributed by atoms with Gasteiger partial charge in [0.15, 0.2) is 5.60 Å². The highest BCUT2D eigenvalue weighted by Gasteiger charge is 2.45. The number of halogens is 1. The van der Waals surface area contributed by atoms with Crippen molar-refractivity contribution in [3.05, 3.63) is 56.6 Å². The average Bonchev–Trinajstić information content (AvgIpc) is 3.16. The summed E-state index contributed by atoms with van der Waals surface area (Å²) in [5.74, 6) is -0.618. The van der Waals surface area contributed by atoms with Crippen molar-refractivity contribution < 1.29 is 23.8 Å². The number of pyridine rings is 2. The molecule has 0 fully saturated rings. The number of hydrogen-bond donors (Lipinski definition) is 2. The zero-order valence-corrected chi connectivity index (χ0v) is 18.6. The highest BCUT2D eigenvalue weighted by atomic mass is 19.1. The van der Waals surface area contributed by atoms with Crippen LogP contribution < -0.4 is 15.6 Å². The second-order valence-corrected chi connectivity index (χ2v) is 8.44. The fourth-order valence-electron chi connectivity index (χ4n) is 4.59. The number of aliphatic hydroxyl groups is 1. The molecule has 172 valence electrons. The summed E-state index contributed by atoms with van der Waals surface area (Å²) in [7, 11) is 1.82. The molecular weight excluding hydrogens is 429 g/mol. The van der Waals surface area contributed by atoms with Gasteiger partial charge >= 0.3 is 5.97 Å². The van der Waals surface area contributed by atoms with Crippen molar-refractivity contribution in [1.29, 1.82) is 0 Å². The molecule has 8 nitrogen and oxygen atoms in total. The number of nitrogens with one attached hydrogen (secondary N) is 1. The van der Waals surface area contributed by atoms with Crippen LogP contribution in [0.1, 0.15) is 35.6 Å². The molecule has 1 atom stereocenters. The van der Waals surface area contributed by atoms with Crippen molar-refractivity contribution in [2.24, 2.45) is 0 Å². The van der Waals surface area contributed by atoms with Crippen molar-refractivity contribution in [3.8, 4) is 17.1 Å².